The number of aromatic nitrogens is 6. The number of carbonyl (C=O) groups is 9. The van der Waals surface area contributed by atoms with Crippen molar-refractivity contribution < 1.29 is 93.4 Å². The maximum Gasteiger partial charge on any atom is 0.323 e. The van der Waals surface area contributed by atoms with E-state index < -0.39 is 167 Å². The van der Waals surface area contributed by atoms with Crippen LogP contribution in [0.4, 0.5) is 11.9 Å². The first kappa shape index (κ1) is 101. The monoisotopic (exact) mass is 1850 g/mol. The van der Waals surface area contributed by atoms with E-state index in [-0.39, 0.29) is 124 Å². The Hall–Kier alpha value is -12.0. The number of aromatic amines is 2. The Bertz CT molecular complexity index is 5810. The molecular weight excluding hydrogens is 1740 g/mol. The molecule has 9 rings (SSSR count). The molecule has 5 atom stereocenters. The summed E-state index contributed by atoms with van der Waals surface area (Å²) in [6.07, 6.45) is 7.60. The topological polar surface area (TPSA) is 604 Å². The average molecular weight is 1850 g/mol. The van der Waals surface area contributed by atoms with Gasteiger partial charge >= 0.3 is 11.9 Å². The van der Waals surface area contributed by atoms with Crippen molar-refractivity contribution in [1.82, 2.24) is 95.3 Å². The first-order valence-electron chi connectivity index (χ1n) is 41.6. The van der Waals surface area contributed by atoms with E-state index in [0.29, 0.717) is 83.5 Å². The highest BCUT2D eigenvalue weighted by Gasteiger charge is 2.35. The Balaban J connectivity index is 0.898. The van der Waals surface area contributed by atoms with Crippen molar-refractivity contribution in [2.45, 2.75) is 147 Å². The molecule has 0 saturated carbocycles. The first-order valence-corrected chi connectivity index (χ1v) is 46.2. The number of pyridine rings is 2. The van der Waals surface area contributed by atoms with Crippen LogP contribution >= 0.6 is 0 Å². The number of carboxylic acid groups (broad SMARTS) is 2. The quantitative estimate of drug-likeness (QED) is 0.0163. The lowest BCUT2D eigenvalue weighted by atomic mass is 10.1. The number of fused-ring (bicyclic) bond motifs is 2. The van der Waals surface area contributed by atoms with Crippen LogP contribution in [-0.4, -0.2) is 294 Å². The number of benzene rings is 4. The standard InChI is InChI=1S/C83H113N21O22S3/c1-9-62(77(113)84-18-10-24-103-44-60(71(109)58-14-12-56(38-67(58)103)40-92-82-86-20-21-87-82)75(111)90-42-64(80(116)117)97-128(123,124)73-52(4)34-50(2)35-53(73)5)94-69(107)17-16-63(95-70(108)46-100-28-26-99(8)27-29-101(48-105)32-33-102(49-106)31-30-100)79(115)96-66(47-127(120,121)122)78(114)85-19-11-25-104-45-61(72(110)59-15-13-57(39-68(59)104)41-93-83-88-22-23-89-83)76(112)91-43-65(81(118)119)98-129(125,126)74-54(6)36-51(3)37-55(74)7/h12-15,20-23,34-39,44-45,62-66,97-98,105-106H,9-11,16-19,24-33,40-43,46-49H2,1-8H3,(H,84,113)(H,85,114)(H,90,111)(H,91,112)(H,94,107)(H,95,108)(H,96,115)(H,116,117)(H,118,119)(H2,86,87,92)(H2,88,89,93)(H,120,121,122)/t62-,63-,64?,65?,66-/m0/s1. The van der Waals surface area contributed by atoms with E-state index in [1.165, 1.54) is 35.3 Å². The third-order valence-electron chi connectivity index (χ3n) is 21.5. The number of carboxylic acids is 2. The molecule has 1 fully saturated rings. The van der Waals surface area contributed by atoms with Gasteiger partial charge in [0, 0.05) is 159 Å². The number of imidazole rings is 2. The molecule has 129 heavy (non-hydrogen) atoms. The Morgan fingerprint density at radius 2 is 0.915 bits per heavy atom. The molecule has 0 spiro atoms. The van der Waals surface area contributed by atoms with E-state index in [0.717, 1.165) is 11.1 Å². The van der Waals surface area contributed by atoms with Crippen molar-refractivity contribution >= 4 is 117 Å². The van der Waals surface area contributed by atoms with Crippen LogP contribution in [0.2, 0.25) is 0 Å². The average Bonchev–Trinajstić information content (AvgIpc) is 1.73. The number of anilines is 2. The predicted molar refractivity (Wildman–Crippen MR) is 476 cm³/mol. The van der Waals surface area contributed by atoms with Gasteiger partial charge in [0.25, 0.3) is 21.9 Å². The van der Waals surface area contributed by atoms with Crippen molar-refractivity contribution in [1.29, 1.82) is 0 Å². The lowest BCUT2D eigenvalue weighted by Gasteiger charge is -2.32. The number of H-pyrrole nitrogens is 2. The highest BCUT2D eigenvalue weighted by atomic mass is 32.2. The minimum Gasteiger partial charge on any atom is -0.480 e. The summed E-state index contributed by atoms with van der Waals surface area (Å²) in [7, 11) is -12.3. The number of aryl methyl sites for hydroxylation is 8. The molecule has 0 bridgehead atoms. The normalized spacial score (nSPS) is 14.8. The second kappa shape index (κ2) is 46.3. The van der Waals surface area contributed by atoms with Crippen LogP contribution in [0.25, 0.3) is 21.8 Å². The van der Waals surface area contributed by atoms with Crippen molar-refractivity contribution in [3.63, 3.8) is 0 Å². The zero-order valence-electron chi connectivity index (χ0n) is 72.8. The Labute approximate surface area is 744 Å². The second-order valence-corrected chi connectivity index (χ2v) is 36.5. The van der Waals surface area contributed by atoms with Gasteiger partial charge in [0.05, 0.1) is 40.8 Å². The highest BCUT2D eigenvalue weighted by Crippen LogP contribution is 2.25. The number of nitrogens with zero attached hydrogens (tertiary/aromatic N) is 8. The molecule has 700 valence electrons. The number of likely N-dealkylation sites (N-methyl/N-ethyl adjacent to an activating group) is 1. The van der Waals surface area contributed by atoms with Crippen LogP contribution in [0, 0.1) is 41.5 Å². The fourth-order valence-corrected chi connectivity index (χ4v) is 19.0. The van der Waals surface area contributed by atoms with Crippen molar-refractivity contribution in [2.75, 3.05) is 122 Å². The number of aliphatic hydroxyl groups excluding tert-OH is 2. The molecule has 4 aromatic heterocycles. The van der Waals surface area contributed by atoms with Gasteiger partial charge in [-0.05, 0) is 132 Å². The number of hydrogen-bond donors (Lipinski definition) is 18. The maximum absolute atomic E-state index is 14.8. The molecule has 7 amide bonds. The van der Waals surface area contributed by atoms with E-state index in [1.807, 2.05) is 16.8 Å². The van der Waals surface area contributed by atoms with Crippen molar-refractivity contribution in [3.8, 4) is 0 Å². The van der Waals surface area contributed by atoms with Gasteiger partial charge in [-0.2, -0.15) is 17.9 Å². The number of hydrogen-bond acceptors (Lipinski definition) is 27. The van der Waals surface area contributed by atoms with Crippen LogP contribution in [0.1, 0.15) is 104 Å². The molecule has 0 radical (unpaired) electrons. The second-order valence-electron chi connectivity index (χ2n) is 31.7. The SMILES string of the molecule is CC[C@H](NC(=O)CC[C@H](NC(=O)CN1CCN(C)CCN(CO)CCN(CO)CC1)C(=O)N[C@@H](CS(=O)(=O)O)C(=O)NCCCn1cc(C(=O)NCC(NS(=O)(=O)c2c(C)cc(C)cc2C)C(=O)O)c(=O)c2ccc(CNc3ncc[nH]3)cc21)C(=O)NCCCn1cc(C(=O)NCC(NS(=O)(=O)c2c(C)cc(C)cc2C)C(=O)O)c(=O)c2ccc(CNc3ncc[nH]3)cc21. The number of sulfonamides is 2. The Morgan fingerprint density at radius 3 is 1.32 bits per heavy atom. The van der Waals surface area contributed by atoms with Crippen LogP contribution in [0.5, 0.6) is 0 Å². The van der Waals surface area contributed by atoms with Crippen LogP contribution in [0.15, 0.2) is 117 Å². The molecule has 43 nitrogen and oxygen atoms in total. The highest BCUT2D eigenvalue weighted by molar-refractivity contribution is 7.90. The van der Waals surface area contributed by atoms with Crippen molar-refractivity contribution in [2.24, 2.45) is 0 Å². The molecular formula is C83H113N21O22S3. The molecule has 1 aliphatic heterocycles. The van der Waals surface area contributed by atoms with Gasteiger partial charge < -0.3 is 92.3 Å². The lowest BCUT2D eigenvalue weighted by molar-refractivity contribution is -0.139. The number of aliphatic carboxylic acids is 2. The minimum absolute atomic E-state index is 0.00120. The number of amides is 7. The third-order valence-corrected chi connectivity index (χ3v) is 25.8. The smallest absolute Gasteiger partial charge is 0.323 e. The van der Waals surface area contributed by atoms with Gasteiger partial charge in [0.2, 0.25) is 60.4 Å². The molecule has 8 aromatic rings. The minimum atomic E-state index is -5.14. The summed E-state index contributed by atoms with van der Waals surface area (Å²) in [4.78, 5) is 175. The van der Waals surface area contributed by atoms with E-state index in [2.05, 4.69) is 77.2 Å². The predicted octanol–water partition coefficient (Wildman–Crippen LogP) is -0.843. The van der Waals surface area contributed by atoms with Gasteiger partial charge in [-0.25, -0.2) is 26.8 Å². The first-order chi connectivity index (χ1) is 61.1. The number of carbonyl (C=O) groups excluding carboxylic acids is 7. The summed E-state index contributed by atoms with van der Waals surface area (Å²) in [5, 5.41) is 64.6. The molecule has 46 heteroatoms. The van der Waals surface area contributed by atoms with Crippen LogP contribution in [0.3, 0.4) is 0 Å². The maximum atomic E-state index is 14.8. The molecule has 4 aromatic carbocycles. The Kier molecular flexibility index (Phi) is 36.2. The number of aliphatic hydroxyl groups is 2. The summed E-state index contributed by atoms with van der Waals surface area (Å²) in [6.45, 7) is 11.6. The largest absolute Gasteiger partial charge is 0.480 e. The summed E-state index contributed by atoms with van der Waals surface area (Å²) < 4.78 is 97.9. The molecule has 18 N–H and O–H groups in total. The van der Waals surface area contributed by atoms with Crippen LogP contribution < -0.4 is 68.2 Å². The lowest BCUT2D eigenvalue weighted by Crippen LogP contribution is -2.57. The van der Waals surface area contributed by atoms with Gasteiger partial charge in [-0.15, -0.1) is 0 Å². The zero-order chi connectivity index (χ0) is 94.2. The fraction of sp³-hybridized carbons (Fsp3) is 0.458. The number of nitrogens with one attached hydrogen (secondary N) is 13. The summed E-state index contributed by atoms with van der Waals surface area (Å²) in [5.41, 5.74) is 2.34. The van der Waals surface area contributed by atoms with Crippen molar-refractivity contribution in [3.05, 3.63) is 174 Å². The van der Waals surface area contributed by atoms with E-state index in [4.69, 9.17) is 0 Å². The summed E-state index contributed by atoms with van der Waals surface area (Å²) >= 11 is 0. The van der Waals surface area contributed by atoms with E-state index in [1.54, 1.807) is 130 Å². The fourth-order valence-electron chi connectivity index (χ4n) is 15.0. The van der Waals surface area contributed by atoms with E-state index >= 15 is 0 Å². The van der Waals surface area contributed by atoms with Crippen LogP contribution in [-0.2, 0) is 89.9 Å². The molecule has 1 aliphatic rings. The molecule has 5 heterocycles. The third kappa shape index (κ3) is 29.0. The Morgan fingerprint density at radius 1 is 0.504 bits per heavy atom. The van der Waals surface area contributed by atoms with Gasteiger partial charge in [0.1, 0.15) is 47.1 Å². The molecule has 2 unspecified atom stereocenters. The summed E-state index contributed by atoms with van der Waals surface area (Å²) in [6, 6.07) is 7.12. The van der Waals surface area contributed by atoms with Gasteiger partial charge in [-0.3, -0.25) is 72.0 Å². The van der Waals surface area contributed by atoms with Gasteiger partial charge in [-0.1, -0.05) is 54.4 Å². The molecule has 1 saturated heterocycles. The summed E-state index contributed by atoms with van der Waals surface area (Å²) in [5.74, 6) is -10.6. The number of rotatable bonds is 44. The van der Waals surface area contributed by atoms with E-state index in [9.17, 15) is 103 Å². The zero-order valence-corrected chi connectivity index (χ0v) is 75.2. The van der Waals surface area contributed by atoms with Gasteiger partial charge in [0.15, 0.2) is 11.9 Å². The molecule has 0 aliphatic carbocycles.